The number of likely N-dealkylation sites (tertiary alicyclic amines) is 1. The number of hydrogen-bond acceptors (Lipinski definition) is 3. The molecule has 0 radical (unpaired) electrons. The summed E-state index contributed by atoms with van der Waals surface area (Å²) in [4.78, 5) is 15.9. The molecule has 0 spiro atoms. The maximum absolute atomic E-state index is 12.7. The maximum Gasteiger partial charge on any atom is 0.318 e. The van der Waals surface area contributed by atoms with E-state index < -0.39 is 0 Å². The molecule has 5 nitrogen and oxygen atoms in total. The lowest BCUT2D eigenvalue weighted by Gasteiger charge is -2.26. The van der Waals surface area contributed by atoms with Crippen molar-refractivity contribution < 1.29 is 4.79 Å². The maximum atomic E-state index is 12.7. The SMILES string of the molecule is CSc1ccc([C@@H](C)NC(=O)N2CCCC2c2cnn(C)c2)cc1. The number of hydrogen-bond donors (Lipinski definition) is 1. The second-order valence-corrected chi connectivity index (χ2v) is 7.12. The van der Waals surface area contributed by atoms with Gasteiger partial charge in [0.1, 0.15) is 0 Å². The number of rotatable bonds is 4. The molecule has 0 bridgehead atoms. The van der Waals surface area contributed by atoms with Crippen LogP contribution < -0.4 is 5.32 Å². The molecule has 2 aromatic rings. The van der Waals surface area contributed by atoms with Gasteiger partial charge in [0.2, 0.25) is 0 Å². The molecule has 1 aliphatic rings. The number of nitrogens with zero attached hydrogens (tertiary/aromatic N) is 3. The van der Waals surface area contributed by atoms with Crippen molar-refractivity contribution >= 4 is 17.8 Å². The Morgan fingerprint density at radius 3 is 2.75 bits per heavy atom. The Balaban J connectivity index is 1.66. The van der Waals surface area contributed by atoms with Crippen LogP contribution in [-0.4, -0.2) is 33.5 Å². The molecule has 128 valence electrons. The fraction of sp³-hybridized carbons (Fsp3) is 0.444. The van der Waals surface area contributed by atoms with Crippen molar-refractivity contribution in [1.82, 2.24) is 20.0 Å². The van der Waals surface area contributed by atoms with E-state index >= 15 is 0 Å². The van der Waals surface area contributed by atoms with E-state index in [-0.39, 0.29) is 18.1 Å². The molecule has 1 fully saturated rings. The Labute approximate surface area is 147 Å². The molecule has 2 heterocycles. The van der Waals surface area contributed by atoms with Crippen LogP contribution in [0.25, 0.3) is 0 Å². The number of thioether (sulfide) groups is 1. The fourth-order valence-corrected chi connectivity index (χ4v) is 3.62. The third kappa shape index (κ3) is 3.59. The molecular weight excluding hydrogens is 320 g/mol. The number of nitrogens with one attached hydrogen (secondary N) is 1. The molecule has 1 unspecified atom stereocenters. The van der Waals surface area contributed by atoms with E-state index in [1.165, 1.54) is 4.90 Å². The number of aryl methyl sites for hydroxylation is 1. The summed E-state index contributed by atoms with van der Waals surface area (Å²) >= 11 is 1.72. The number of carbonyl (C=O) groups is 1. The van der Waals surface area contributed by atoms with Crippen LogP contribution >= 0.6 is 11.8 Å². The van der Waals surface area contributed by atoms with Gasteiger partial charge < -0.3 is 10.2 Å². The highest BCUT2D eigenvalue weighted by atomic mass is 32.2. The summed E-state index contributed by atoms with van der Waals surface area (Å²) in [6.45, 7) is 2.82. The van der Waals surface area contributed by atoms with Gasteiger partial charge in [-0.15, -0.1) is 11.8 Å². The van der Waals surface area contributed by atoms with Crippen LogP contribution in [0.1, 0.15) is 43.0 Å². The van der Waals surface area contributed by atoms with E-state index in [9.17, 15) is 4.79 Å². The molecule has 1 aliphatic heterocycles. The highest BCUT2D eigenvalue weighted by Crippen LogP contribution is 2.32. The van der Waals surface area contributed by atoms with Crippen molar-refractivity contribution in [3.8, 4) is 0 Å². The van der Waals surface area contributed by atoms with E-state index in [2.05, 4.69) is 40.9 Å². The summed E-state index contributed by atoms with van der Waals surface area (Å²) in [6, 6.07) is 8.48. The molecular formula is C18H24N4OS. The molecule has 2 atom stereocenters. The minimum atomic E-state index is -0.0106. The molecule has 1 aromatic carbocycles. The largest absolute Gasteiger partial charge is 0.331 e. The van der Waals surface area contributed by atoms with Crippen LogP contribution in [0.15, 0.2) is 41.6 Å². The predicted octanol–water partition coefficient (Wildman–Crippen LogP) is 3.75. The summed E-state index contributed by atoms with van der Waals surface area (Å²) in [5.74, 6) is 0. The second kappa shape index (κ2) is 7.30. The molecule has 1 saturated heterocycles. The normalized spacial score (nSPS) is 18.6. The van der Waals surface area contributed by atoms with Crippen molar-refractivity contribution in [2.24, 2.45) is 7.05 Å². The number of urea groups is 1. The van der Waals surface area contributed by atoms with Crippen LogP contribution in [0.3, 0.4) is 0 Å². The lowest BCUT2D eigenvalue weighted by atomic mass is 10.1. The Morgan fingerprint density at radius 2 is 2.12 bits per heavy atom. The summed E-state index contributed by atoms with van der Waals surface area (Å²) in [7, 11) is 1.91. The molecule has 2 amide bonds. The predicted molar refractivity (Wildman–Crippen MR) is 97.1 cm³/mol. The van der Waals surface area contributed by atoms with Crippen LogP contribution in [0.2, 0.25) is 0 Å². The highest BCUT2D eigenvalue weighted by molar-refractivity contribution is 7.98. The fourth-order valence-electron chi connectivity index (χ4n) is 3.21. The molecule has 0 saturated carbocycles. The molecule has 6 heteroatoms. The number of carbonyl (C=O) groups excluding carboxylic acids is 1. The van der Waals surface area contributed by atoms with Gasteiger partial charge in [-0.05, 0) is 43.7 Å². The smallest absolute Gasteiger partial charge is 0.318 e. The Bertz CT molecular complexity index is 697. The topological polar surface area (TPSA) is 50.2 Å². The van der Waals surface area contributed by atoms with Crippen molar-refractivity contribution in [2.45, 2.75) is 36.7 Å². The molecule has 24 heavy (non-hydrogen) atoms. The minimum Gasteiger partial charge on any atom is -0.331 e. The minimum absolute atomic E-state index is 0.00259. The molecule has 3 rings (SSSR count). The Morgan fingerprint density at radius 1 is 1.38 bits per heavy atom. The summed E-state index contributed by atoms with van der Waals surface area (Å²) in [5, 5.41) is 7.37. The van der Waals surface area contributed by atoms with Crippen molar-refractivity contribution in [2.75, 3.05) is 12.8 Å². The van der Waals surface area contributed by atoms with E-state index in [1.807, 2.05) is 31.3 Å². The Kier molecular flexibility index (Phi) is 5.14. The molecule has 1 aromatic heterocycles. The summed E-state index contributed by atoms with van der Waals surface area (Å²) in [5.41, 5.74) is 2.24. The van der Waals surface area contributed by atoms with Crippen molar-refractivity contribution in [1.29, 1.82) is 0 Å². The van der Waals surface area contributed by atoms with Gasteiger partial charge in [0.25, 0.3) is 0 Å². The quantitative estimate of drug-likeness (QED) is 0.860. The van der Waals surface area contributed by atoms with Crippen LogP contribution in [0.4, 0.5) is 4.79 Å². The van der Waals surface area contributed by atoms with E-state index in [0.29, 0.717) is 0 Å². The lowest BCUT2D eigenvalue weighted by molar-refractivity contribution is 0.189. The van der Waals surface area contributed by atoms with Crippen LogP contribution in [0.5, 0.6) is 0 Å². The van der Waals surface area contributed by atoms with Gasteiger partial charge in [-0.3, -0.25) is 4.68 Å². The van der Waals surface area contributed by atoms with Crippen molar-refractivity contribution in [3.05, 3.63) is 47.8 Å². The van der Waals surface area contributed by atoms with Gasteiger partial charge >= 0.3 is 6.03 Å². The lowest BCUT2D eigenvalue weighted by Crippen LogP contribution is -2.40. The summed E-state index contributed by atoms with van der Waals surface area (Å²) in [6.07, 6.45) is 7.95. The van der Waals surface area contributed by atoms with Crippen LogP contribution in [0, 0.1) is 0 Å². The first-order valence-corrected chi connectivity index (χ1v) is 9.50. The average molecular weight is 344 g/mol. The van der Waals surface area contributed by atoms with Gasteiger partial charge in [0.05, 0.1) is 18.3 Å². The van der Waals surface area contributed by atoms with Gasteiger partial charge in [-0.2, -0.15) is 5.10 Å². The van der Waals surface area contributed by atoms with Gasteiger partial charge in [-0.25, -0.2) is 4.79 Å². The second-order valence-electron chi connectivity index (χ2n) is 6.24. The van der Waals surface area contributed by atoms with Crippen molar-refractivity contribution in [3.63, 3.8) is 0 Å². The number of amides is 2. The molecule has 0 aliphatic carbocycles. The first-order valence-electron chi connectivity index (χ1n) is 8.28. The first-order chi connectivity index (χ1) is 11.6. The zero-order valence-electron chi connectivity index (χ0n) is 14.4. The third-order valence-corrected chi connectivity index (χ3v) is 5.32. The first kappa shape index (κ1) is 16.9. The third-order valence-electron chi connectivity index (χ3n) is 4.58. The number of aromatic nitrogens is 2. The zero-order valence-corrected chi connectivity index (χ0v) is 15.2. The van der Waals surface area contributed by atoms with E-state index in [4.69, 9.17) is 0 Å². The van der Waals surface area contributed by atoms with Gasteiger partial charge in [0.15, 0.2) is 0 Å². The zero-order chi connectivity index (χ0) is 17.1. The highest BCUT2D eigenvalue weighted by Gasteiger charge is 2.31. The monoisotopic (exact) mass is 344 g/mol. The van der Waals surface area contributed by atoms with Gasteiger partial charge in [-0.1, -0.05) is 12.1 Å². The van der Waals surface area contributed by atoms with Gasteiger partial charge in [0, 0.05) is 30.2 Å². The van der Waals surface area contributed by atoms with Crippen LogP contribution in [-0.2, 0) is 7.05 Å². The van der Waals surface area contributed by atoms with E-state index in [1.54, 1.807) is 16.4 Å². The standard InChI is InChI=1S/C18H24N4OS/c1-13(14-6-8-16(24-3)9-7-14)20-18(23)22-10-4-5-17(22)15-11-19-21(2)12-15/h6-9,11-13,17H,4-5,10H2,1-3H3,(H,20,23)/t13-,17?/m1/s1. The Hall–Kier alpha value is -1.95. The average Bonchev–Trinajstić information content (AvgIpc) is 3.23. The van der Waals surface area contributed by atoms with E-state index in [0.717, 1.165) is 30.5 Å². The number of benzene rings is 1. The molecule has 1 N–H and O–H groups in total. The summed E-state index contributed by atoms with van der Waals surface area (Å²) < 4.78 is 1.79.